The Morgan fingerprint density at radius 1 is 1.30 bits per heavy atom. The molecule has 0 radical (unpaired) electrons. The van der Waals surface area contributed by atoms with Crippen molar-refractivity contribution >= 4 is 12.1 Å². The molecule has 1 aliphatic heterocycles. The SMILES string of the molecule is C=CCOC(=O)NC1(C(=O)O)CC(C)(C)OC(C)(C)C1. The van der Waals surface area contributed by atoms with E-state index in [4.69, 9.17) is 9.47 Å². The minimum absolute atomic E-state index is 0.0326. The van der Waals surface area contributed by atoms with Crippen molar-refractivity contribution in [3.05, 3.63) is 12.7 Å². The molecule has 1 amide bonds. The van der Waals surface area contributed by atoms with Crippen LogP contribution in [0.25, 0.3) is 0 Å². The molecule has 20 heavy (non-hydrogen) atoms. The van der Waals surface area contributed by atoms with Crippen LogP contribution in [-0.2, 0) is 14.3 Å². The van der Waals surface area contributed by atoms with Gasteiger partial charge in [-0.1, -0.05) is 12.7 Å². The lowest BCUT2D eigenvalue weighted by Gasteiger charge is -2.49. The Bertz CT molecular complexity index is 398. The summed E-state index contributed by atoms with van der Waals surface area (Å²) in [4.78, 5) is 23.4. The summed E-state index contributed by atoms with van der Waals surface area (Å²) in [7, 11) is 0. The van der Waals surface area contributed by atoms with Crippen LogP contribution in [0.2, 0.25) is 0 Å². The molecule has 0 spiro atoms. The van der Waals surface area contributed by atoms with Crippen molar-refractivity contribution in [2.24, 2.45) is 0 Å². The molecular weight excluding hydrogens is 262 g/mol. The van der Waals surface area contributed by atoms with Crippen LogP contribution in [0.5, 0.6) is 0 Å². The summed E-state index contributed by atoms with van der Waals surface area (Å²) in [6.07, 6.45) is 0.996. The quantitative estimate of drug-likeness (QED) is 0.773. The van der Waals surface area contributed by atoms with E-state index in [-0.39, 0.29) is 19.4 Å². The highest BCUT2D eigenvalue weighted by Gasteiger charge is 2.54. The van der Waals surface area contributed by atoms with Gasteiger partial charge >= 0.3 is 12.1 Å². The maximum absolute atomic E-state index is 11.7. The zero-order valence-electron chi connectivity index (χ0n) is 12.5. The number of hydrogen-bond donors (Lipinski definition) is 2. The number of aliphatic carboxylic acids is 1. The molecule has 0 aliphatic carbocycles. The largest absolute Gasteiger partial charge is 0.479 e. The smallest absolute Gasteiger partial charge is 0.408 e. The zero-order chi connectivity index (χ0) is 15.6. The summed E-state index contributed by atoms with van der Waals surface area (Å²) in [6.45, 7) is 10.7. The number of carbonyl (C=O) groups is 2. The third kappa shape index (κ3) is 3.96. The van der Waals surface area contributed by atoms with E-state index in [0.717, 1.165) is 0 Å². The molecule has 0 aromatic heterocycles. The normalized spacial score (nSPS) is 22.6. The summed E-state index contributed by atoms with van der Waals surface area (Å²) < 4.78 is 10.7. The van der Waals surface area contributed by atoms with Gasteiger partial charge in [0.15, 0.2) is 0 Å². The average Bonchev–Trinajstić information content (AvgIpc) is 2.21. The van der Waals surface area contributed by atoms with Gasteiger partial charge in [0.2, 0.25) is 0 Å². The fraction of sp³-hybridized carbons (Fsp3) is 0.714. The third-order valence-electron chi connectivity index (χ3n) is 3.09. The van der Waals surface area contributed by atoms with Crippen molar-refractivity contribution in [3.63, 3.8) is 0 Å². The number of carboxylic acid groups (broad SMARTS) is 1. The van der Waals surface area contributed by atoms with Crippen molar-refractivity contribution < 1.29 is 24.2 Å². The maximum atomic E-state index is 11.7. The highest BCUT2D eigenvalue weighted by atomic mass is 16.5. The first-order chi connectivity index (χ1) is 9.02. The van der Waals surface area contributed by atoms with E-state index in [1.807, 2.05) is 27.7 Å². The number of rotatable bonds is 4. The summed E-state index contributed by atoms with van der Waals surface area (Å²) in [5.41, 5.74) is -2.72. The van der Waals surface area contributed by atoms with Gasteiger partial charge < -0.3 is 19.9 Å². The number of hydrogen-bond acceptors (Lipinski definition) is 4. The molecule has 0 aromatic carbocycles. The highest BCUT2D eigenvalue weighted by Crippen LogP contribution is 2.41. The van der Waals surface area contributed by atoms with E-state index in [2.05, 4.69) is 11.9 Å². The monoisotopic (exact) mass is 285 g/mol. The minimum atomic E-state index is -1.40. The van der Waals surface area contributed by atoms with Crippen LogP contribution in [0.1, 0.15) is 40.5 Å². The van der Waals surface area contributed by atoms with Crippen molar-refractivity contribution in [2.45, 2.75) is 57.3 Å². The van der Waals surface area contributed by atoms with Gasteiger partial charge in [0.05, 0.1) is 11.2 Å². The second-order valence-corrected chi connectivity index (χ2v) is 6.37. The lowest BCUT2D eigenvalue weighted by atomic mass is 9.75. The molecule has 6 heteroatoms. The standard InChI is InChI=1S/C14H23NO5/c1-6-7-19-11(18)15-14(10(16)17)8-12(2,3)20-13(4,5)9-14/h6H,1,7-9H2,2-5H3,(H,15,18)(H,16,17). The molecule has 0 atom stereocenters. The summed E-state index contributed by atoms with van der Waals surface area (Å²) in [6, 6.07) is 0. The van der Waals surface area contributed by atoms with Crippen molar-refractivity contribution in [1.29, 1.82) is 0 Å². The molecule has 0 unspecified atom stereocenters. The van der Waals surface area contributed by atoms with E-state index in [9.17, 15) is 14.7 Å². The molecule has 1 fully saturated rings. The number of amides is 1. The van der Waals surface area contributed by atoms with Crippen molar-refractivity contribution in [1.82, 2.24) is 5.32 Å². The summed E-state index contributed by atoms with van der Waals surface area (Å²) >= 11 is 0. The lowest BCUT2D eigenvalue weighted by Crippen LogP contribution is -2.65. The van der Waals surface area contributed by atoms with E-state index < -0.39 is 28.8 Å². The molecule has 2 N–H and O–H groups in total. The van der Waals surface area contributed by atoms with Gasteiger partial charge in [0.1, 0.15) is 12.1 Å². The Balaban J connectivity index is 2.99. The van der Waals surface area contributed by atoms with Gasteiger partial charge in [0, 0.05) is 12.8 Å². The van der Waals surface area contributed by atoms with Gasteiger partial charge in [-0.3, -0.25) is 0 Å². The van der Waals surface area contributed by atoms with E-state index in [1.54, 1.807) is 0 Å². The Kier molecular flexibility index (Phi) is 4.49. The van der Waals surface area contributed by atoms with Crippen LogP contribution in [0.3, 0.4) is 0 Å². The Labute approximate surface area is 119 Å². The second kappa shape index (κ2) is 5.44. The van der Waals surface area contributed by atoms with Gasteiger partial charge in [-0.2, -0.15) is 0 Å². The number of carbonyl (C=O) groups excluding carboxylic acids is 1. The molecular formula is C14H23NO5. The van der Waals surface area contributed by atoms with Crippen LogP contribution >= 0.6 is 0 Å². The van der Waals surface area contributed by atoms with E-state index in [1.165, 1.54) is 6.08 Å². The molecule has 1 saturated heterocycles. The average molecular weight is 285 g/mol. The fourth-order valence-corrected chi connectivity index (χ4v) is 3.00. The number of alkyl carbamates (subject to hydrolysis) is 1. The van der Waals surface area contributed by atoms with Crippen LogP contribution in [0.15, 0.2) is 12.7 Å². The third-order valence-corrected chi connectivity index (χ3v) is 3.09. The number of ether oxygens (including phenoxy) is 2. The molecule has 0 aromatic rings. The van der Waals surface area contributed by atoms with Gasteiger partial charge in [-0.15, -0.1) is 0 Å². The molecule has 1 rings (SSSR count). The van der Waals surface area contributed by atoms with Crippen molar-refractivity contribution in [3.8, 4) is 0 Å². The number of nitrogens with one attached hydrogen (secondary N) is 1. The Hall–Kier alpha value is -1.56. The van der Waals surface area contributed by atoms with Gasteiger partial charge in [-0.05, 0) is 27.7 Å². The first-order valence-corrected chi connectivity index (χ1v) is 6.51. The van der Waals surface area contributed by atoms with E-state index >= 15 is 0 Å². The molecule has 1 aliphatic rings. The topological polar surface area (TPSA) is 84.9 Å². The van der Waals surface area contributed by atoms with Crippen LogP contribution < -0.4 is 5.32 Å². The van der Waals surface area contributed by atoms with E-state index in [0.29, 0.717) is 0 Å². The molecule has 1 heterocycles. The predicted octanol–water partition coefficient (Wildman–Crippen LogP) is 2.09. The summed E-state index contributed by atoms with van der Waals surface area (Å²) in [5.74, 6) is -1.09. The predicted molar refractivity (Wildman–Crippen MR) is 73.5 cm³/mol. The summed E-state index contributed by atoms with van der Waals surface area (Å²) in [5, 5.41) is 12.1. The van der Waals surface area contributed by atoms with Crippen LogP contribution in [0, 0.1) is 0 Å². The molecule has 0 bridgehead atoms. The Morgan fingerprint density at radius 3 is 2.20 bits per heavy atom. The zero-order valence-corrected chi connectivity index (χ0v) is 12.5. The first kappa shape index (κ1) is 16.5. The molecule has 6 nitrogen and oxygen atoms in total. The van der Waals surface area contributed by atoms with Crippen LogP contribution in [-0.4, -0.2) is 40.5 Å². The highest BCUT2D eigenvalue weighted by molar-refractivity contribution is 5.84. The van der Waals surface area contributed by atoms with Gasteiger partial charge in [-0.25, -0.2) is 9.59 Å². The molecule has 0 saturated carbocycles. The fourth-order valence-electron chi connectivity index (χ4n) is 3.00. The second-order valence-electron chi connectivity index (χ2n) is 6.37. The number of carboxylic acids is 1. The van der Waals surface area contributed by atoms with Crippen molar-refractivity contribution in [2.75, 3.05) is 6.61 Å². The van der Waals surface area contributed by atoms with Gasteiger partial charge in [0.25, 0.3) is 0 Å². The maximum Gasteiger partial charge on any atom is 0.408 e. The lowest BCUT2D eigenvalue weighted by molar-refractivity contribution is -0.194. The molecule has 114 valence electrons. The first-order valence-electron chi connectivity index (χ1n) is 6.51. The minimum Gasteiger partial charge on any atom is -0.479 e. The van der Waals surface area contributed by atoms with Crippen LogP contribution in [0.4, 0.5) is 4.79 Å². The Morgan fingerprint density at radius 2 is 1.80 bits per heavy atom.